The van der Waals surface area contributed by atoms with Crippen LogP contribution in [0.1, 0.15) is 20.8 Å². The molecular formula is C14H10N2O3S. The van der Waals surface area contributed by atoms with Gasteiger partial charge in [0.2, 0.25) is 0 Å². The lowest BCUT2D eigenvalue weighted by molar-refractivity contribution is 0.0697. The Labute approximate surface area is 117 Å². The lowest BCUT2D eigenvalue weighted by atomic mass is 10.1. The summed E-state index contributed by atoms with van der Waals surface area (Å²) in [4.78, 5) is 30.8. The van der Waals surface area contributed by atoms with E-state index in [1.807, 2.05) is 6.07 Å². The van der Waals surface area contributed by atoms with Gasteiger partial charge in [-0.15, -0.1) is 11.3 Å². The van der Waals surface area contributed by atoms with Crippen LogP contribution in [0.25, 0.3) is 10.2 Å². The molecule has 0 aliphatic heterocycles. The molecule has 0 saturated heterocycles. The summed E-state index contributed by atoms with van der Waals surface area (Å²) in [6.07, 6.45) is 2.05. The van der Waals surface area contributed by atoms with Crippen LogP contribution in [0.15, 0.2) is 41.5 Å². The predicted molar refractivity (Wildman–Crippen MR) is 76.4 cm³/mol. The zero-order valence-corrected chi connectivity index (χ0v) is 11.1. The van der Waals surface area contributed by atoms with E-state index in [1.54, 1.807) is 24.3 Å². The first-order valence-electron chi connectivity index (χ1n) is 5.92. The molecule has 20 heavy (non-hydrogen) atoms. The predicted octanol–water partition coefficient (Wildman–Crippen LogP) is 2.27. The number of carboxylic acids is 1. The second kappa shape index (κ2) is 4.90. The topological polar surface area (TPSA) is 83.0 Å². The van der Waals surface area contributed by atoms with Crippen LogP contribution in [0.2, 0.25) is 0 Å². The minimum Gasteiger partial charge on any atom is -0.478 e. The van der Waals surface area contributed by atoms with Crippen molar-refractivity contribution in [3.8, 4) is 0 Å². The minimum atomic E-state index is -0.936. The zero-order valence-electron chi connectivity index (χ0n) is 10.3. The van der Waals surface area contributed by atoms with E-state index in [9.17, 15) is 9.59 Å². The molecule has 0 saturated carbocycles. The lowest BCUT2D eigenvalue weighted by Gasteiger charge is -1.99. The van der Waals surface area contributed by atoms with Crippen molar-refractivity contribution in [2.75, 3.05) is 0 Å². The molecule has 3 rings (SSSR count). The number of fused-ring (bicyclic) bond motifs is 1. The Bertz CT molecular complexity index is 833. The fourth-order valence-electron chi connectivity index (χ4n) is 1.97. The summed E-state index contributed by atoms with van der Waals surface area (Å²) < 4.78 is 0. The molecule has 2 aromatic heterocycles. The van der Waals surface area contributed by atoms with Gasteiger partial charge in [0.15, 0.2) is 0 Å². The second-order valence-corrected chi connectivity index (χ2v) is 5.46. The summed E-state index contributed by atoms with van der Waals surface area (Å²) in [7, 11) is 0. The fourth-order valence-corrected chi connectivity index (χ4v) is 3.00. The van der Waals surface area contributed by atoms with Crippen molar-refractivity contribution in [1.29, 1.82) is 0 Å². The summed E-state index contributed by atoms with van der Waals surface area (Å²) in [6, 6.07) is 8.56. The molecule has 3 aromatic rings. The van der Waals surface area contributed by atoms with E-state index in [0.717, 1.165) is 10.4 Å². The number of benzene rings is 1. The van der Waals surface area contributed by atoms with Gasteiger partial charge in [-0.05, 0) is 23.8 Å². The second-order valence-electron chi connectivity index (χ2n) is 4.34. The van der Waals surface area contributed by atoms with Crippen molar-refractivity contribution in [2.45, 2.75) is 6.42 Å². The Balaban J connectivity index is 1.91. The number of aromatic carboxylic acids is 1. The van der Waals surface area contributed by atoms with Crippen molar-refractivity contribution in [3.05, 3.63) is 63.0 Å². The largest absolute Gasteiger partial charge is 0.478 e. The number of hydrogen-bond donors (Lipinski definition) is 2. The highest BCUT2D eigenvalue weighted by Gasteiger charge is 2.07. The number of carbonyl (C=O) groups is 1. The first-order chi connectivity index (χ1) is 9.63. The maximum absolute atomic E-state index is 11.6. The number of nitrogens with zero attached hydrogens (tertiary/aromatic N) is 1. The zero-order chi connectivity index (χ0) is 14.1. The van der Waals surface area contributed by atoms with Gasteiger partial charge in [-0.2, -0.15) is 0 Å². The highest BCUT2D eigenvalue weighted by molar-refractivity contribution is 7.18. The summed E-state index contributed by atoms with van der Waals surface area (Å²) in [5, 5.41) is 9.44. The highest BCUT2D eigenvalue weighted by atomic mass is 32.1. The summed E-state index contributed by atoms with van der Waals surface area (Å²) in [5.74, 6) is -0.936. The average molecular weight is 286 g/mol. The van der Waals surface area contributed by atoms with Crippen LogP contribution in [-0.2, 0) is 6.42 Å². The normalized spacial score (nSPS) is 10.8. The molecule has 5 nitrogen and oxygen atoms in total. The molecule has 6 heteroatoms. The Morgan fingerprint density at radius 3 is 2.70 bits per heavy atom. The van der Waals surface area contributed by atoms with E-state index in [4.69, 9.17) is 5.11 Å². The Kier molecular flexibility index (Phi) is 3.08. The van der Waals surface area contributed by atoms with E-state index < -0.39 is 5.97 Å². The first kappa shape index (κ1) is 12.6. The van der Waals surface area contributed by atoms with Gasteiger partial charge < -0.3 is 10.1 Å². The standard InChI is InChI=1S/C14H10N2O3S/c17-12-11-6-10(20-13(11)16-7-15-12)5-8-1-3-9(4-2-8)14(18)19/h1-4,6-7H,5H2,(H,18,19)(H,15,16,17). The summed E-state index contributed by atoms with van der Waals surface area (Å²) >= 11 is 1.47. The molecule has 0 bridgehead atoms. The number of aromatic nitrogens is 2. The number of nitrogens with one attached hydrogen (secondary N) is 1. The van der Waals surface area contributed by atoms with Crippen LogP contribution in [0, 0.1) is 0 Å². The van der Waals surface area contributed by atoms with Crippen LogP contribution in [-0.4, -0.2) is 21.0 Å². The van der Waals surface area contributed by atoms with Gasteiger partial charge in [0.25, 0.3) is 5.56 Å². The van der Waals surface area contributed by atoms with Gasteiger partial charge in [-0.3, -0.25) is 4.79 Å². The first-order valence-corrected chi connectivity index (χ1v) is 6.73. The maximum Gasteiger partial charge on any atom is 0.335 e. The molecule has 0 amide bonds. The van der Waals surface area contributed by atoms with E-state index >= 15 is 0 Å². The third-order valence-electron chi connectivity index (χ3n) is 2.96. The molecule has 0 radical (unpaired) electrons. The lowest BCUT2D eigenvalue weighted by Crippen LogP contribution is -2.03. The van der Waals surface area contributed by atoms with E-state index in [2.05, 4.69) is 9.97 Å². The molecule has 0 aliphatic carbocycles. The molecule has 0 unspecified atom stereocenters. The monoisotopic (exact) mass is 286 g/mol. The number of H-pyrrole nitrogens is 1. The fraction of sp³-hybridized carbons (Fsp3) is 0.0714. The van der Waals surface area contributed by atoms with Crippen molar-refractivity contribution >= 4 is 27.5 Å². The van der Waals surface area contributed by atoms with Gasteiger partial charge in [-0.1, -0.05) is 12.1 Å². The molecule has 0 fully saturated rings. The van der Waals surface area contributed by atoms with Gasteiger partial charge in [0.1, 0.15) is 4.83 Å². The van der Waals surface area contributed by atoms with Gasteiger partial charge in [0, 0.05) is 11.3 Å². The van der Waals surface area contributed by atoms with Gasteiger partial charge in [0.05, 0.1) is 17.3 Å². The molecule has 2 N–H and O–H groups in total. The van der Waals surface area contributed by atoms with Crippen molar-refractivity contribution in [1.82, 2.24) is 9.97 Å². The molecule has 0 aliphatic rings. The smallest absolute Gasteiger partial charge is 0.335 e. The van der Waals surface area contributed by atoms with E-state index in [-0.39, 0.29) is 11.1 Å². The Hall–Kier alpha value is -2.47. The molecular weight excluding hydrogens is 276 g/mol. The van der Waals surface area contributed by atoms with Crippen LogP contribution in [0.5, 0.6) is 0 Å². The van der Waals surface area contributed by atoms with Crippen LogP contribution in [0.4, 0.5) is 0 Å². The van der Waals surface area contributed by atoms with Crippen LogP contribution < -0.4 is 5.56 Å². The number of carboxylic acid groups (broad SMARTS) is 1. The highest BCUT2D eigenvalue weighted by Crippen LogP contribution is 2.23. The van der Waals surface area contributed by atoms with Crippen molar-refractivity contribution in [2.24, 2.45) is 0 Å². The average Bonchev–Trinajstić information content (AvgIpc) is 2.83. The molecule has 0 spiro atoms. The molecule has 1 aromatic carbocycles. The molecule has 0 atom stereocenters. The van der Waals surface area contributed by atoms with E-state index in [1.165, 1.54) is 17.7 Å². The molecule has 2 heterocycles. The minimum absolute atomic E-state index is 0.140. The van der Waals surface area contributed by atoms with Crippen LogP contribution >= 0.6 is 11.3 Å². The van der Waals surface area contributed by atoms with E-state index in [0.29, 0.717) is 16.6 Å². The number of rotatable bonds is 3. The van der Waals surface area contributed by atoms with Crippen molar-refractivity contribution < 1.29 is 9.90 Å². The number of aromatic amines is 1. The Morgan fingerprint density at radius 2 is 2.05 bits per heavy atom. The number of thiophene rings is 1. The molecule has 100 valence electrons. The third-order valence-corrected chi connectivity index (χ3v) is 4.01. The third kappa shape index (κ3) is 2.33. The SMILES string of the molecule is O=C(O)c1ccc(Cc2cc3c(=O)[nH]cnc3s2)cc1. The van der Waals surface area contributed by atoms with Crippen LogP contribution in [0.3, 0.4) is 0 Å². The van der Waals surface area contributed by atoms with Crippen molar-refractivity contribution in [3.63, 3.8) is 0 Å². The summed E-state index contributed by atoms with van der Waals surface area (Å²) in [5.41, 5.74) is 1.12. The summed E-state index contributed by atoms with van der Waals surface area (Å²) in [6.45, 7) is 0. The Morgan fingerprint density at radius 1 is 1.30 bits per heavy atom. The quantitative estimate of drug-likeness (QED) is 0.773. The maximum atomic E-state index is 11.6. The van der Waals surface area contributed by atoms with Gasteiger partial charge in [-0.25, -0.2) is 9.78 Å². The number of hydrogen-bond acceptors (Lipinski definition) is 4. The van der Waals surface area contributed by atoms with Gasteiger partial charge >= 0.3 is 5.97 Å².